The standard InChI is InChI=1S/C12H13BrN2O2/c1-7(2)11-9(6-10(16)17)15-5-3-4-8(13)12(15)14-11/h3-5,7H,6H2,1-2H3,(H,16,17). The largest absolute Gasteiger partial charge is 0.481 e. The second-order valence-electron chi connectivity index (χ2n) is 4.22. The molecule has 1 N–H and O–H groups in total. The molecule has 2 rings (SSSR count). The highest BCUT2D eigenvalue weighted by Gasteiger charge is 2.18. The van der Waals surface area contributed by atoms with Crippen LogP contribution in [0, 0.1) is 0 Å². The van der Waals surface area contributed by atoms with E-state index in [4.69, 9.17) is 5.11 Å². The molecule has 0 amide bonds. The van der Waals surface area contributed by atoms with Crippen molar-refractivity contribution in [1.29, 1.82) is 0 Å². The van der Waals surface area contributed by atoms with Gasteiger partial charge in [0.05, 0.1) is 22.3 Å². The fourth-order valence-electron chi connectivity index (χ4n) is 1.88. The second kappa shape index (κ2) is 4.49. The summed E-state index contributed by atoms with van der Waals surface area (Å²) in [6.45, 7) is 4.03. The predicted octanol–water partition coefficient (Wildman–Crippen LogP) is 2.85. The molecule has 0 aromatic carbocycles. The van der Waals surface area contributed by atoms with Gasteiger partial charge in [-0.3, -0.25) is 4.79 Å². The average molecular weight is 297 g/mol. The van der Waals surface area contributed by atoms with Crippen molar-refractivity contribution in [2.24, 2.45) is 0 Å². The molecule has 90 valence electrons. The van der Waals surface area contributed by atoms with E-state index in [2.05, 4.69) is 20.9 Å². The van der Waals surface area contributed by atoms with E-state index in [0.717, 1.165) is 21.5 Å². The maximum atomic E-state index is 10.9. The summed E-state index contributed by atoms with van der Waals surface area (Å²) in [5.74, 6) is -0.634. The van der Waals surface area contributed by atoms with Crippen molar-refractivity contribution in [1.82, 2.24) is 9.38 Å². The van der Waals surface area contributed by atoms with Crippen molar-refractivity contribution in [3.8, 4) is 0 Å². The lowest BCUT2D eigenvalue weighted by atomic mass is 10.1. The predicted molar refractivity (Wildman–Crippen MR) is 68.3 cm³/mol. The topological polar surface area (TPSA) is 54.6 Å². The summed E-state index contributed by atoms with van der Waals surface area (Å²) in [7, 11) is 0. The molecular formula is C12H13BrN2O2. The lowest BCUT2D eigenvalue weighted by Crippen LogP contribution is -2.06. The Morgan fingerprint density at radius 2 is 2.29 bits per heavy atom. The number of hydrogen-bond acceptors (Lipinski definition) is 2. The van der Waals surface area contributed by atoms with Gasteiger partial charge in [0.25, 0.3) is 0 Å². The van der Waals surface area contributed by atoms with Crippen LogP contribution in [0.4, 0.5) is 0 Å². The van der Waals surface area contributed by atoms with Crippen LogP contribution in [0.5, 0.6) is 0 Å². The molecule has 0 bridgehead atoms. The Morgan fingerprint density at radius 3 is 2.88 bits per heavy atom. The first-order chi connectivity index (χ1) is 8.00. The van der Waals surface area contributed by atoms with Gasteiger partial charge in [0.15, 0.2) is 5.65 Å². The summed E-state index contributed by atoms with van der Waals surface area (Å²) < 4.78 is 2.71. The van der Waals surface area contributed by atoms with Gasteiger partial charge in [-0.05, 0) is 34.0 Å². The molecule has 2 aromatic heterocycles. The normalized spacial score (nSPS) is 11.3. The van der Waals surface area contributed by atoms with Crippen LogP contribution in [0.3, 0.4) is 0 Å². The van der Waals surface area contributed by atoms with Gasteiger partial charge >= 0.3 is 5.97 Å². The Hall–Kier alpha value is -1.36. The van der Waals surface area contributed by atoms with E-state index in [0.29, 0.717) is 0 Å². The van der Waals surface area contributed by atoms with Crippen molar-refractivity contribution in [3.63, 3.8) is 0 Å². The fourth-order valence-corrected chi connectivity index (χ4v) is 2.31. The number of halogens is 1. The lowest BCUT2D eigenvalue weighted by Gasteiger charge is -2.04. The number of carbonyl (C=O) groups is 1. The minimum absolute atomic E-state index is 0.00880. The molecule has 0 aliphatic carbocycles. The molecule has 2 heterocycles. The second-order valence-corrected chi connectivity index (χ2v) is 5.07. The van der Waals surface area contributed by atoms with E-state index in [-0.39, 0.29) is 12.3 Å². The molecule has 0 aliphatic rings. The zero-order valence-corrected chi connectivity index (χ0v) is 11.2. The van der Waals surface area contributed by atoms with Gasteiger partial charge in [-0.15, -0.1) is 0 Å². The molecule has 4 nitrogen and oxygen atoms in total. The number of aliphatic carboxylic acids is 1. The van der Waals surface area contributed by atoms with Crippen LogP contribution in [-0.2, 0) is 11.2 Å². The van der Waals surface area contributed by atoms with Crippen molar-refractivity contribution >= 4 is 27.5 Å². The van der Waals surface area contributed by atoms with Gasteiger partial charge in [0, 0.05) is 6.20 Å². The Kier molecular flexibility index (Phi) is 3.19. The van der Waals surface area contributed by atoms with Gasteiger partial charge in [-0.1, -0.05) is 13.8 Å². The Bertz CT molecular complexity index is 575. The molecule has 2 aromatic rings. The molecule has 0 spiro atoms. The SMILES string of the molecule is CC(C)c1nc2c(Br)cccn2c1CC(=O)O. The van der Waals surface area contributed by atoms with E-state index < -0.39 is 5.97 Å². The van der Waals surface area contributed by atoms with Crippen LogP contribution in [0.25, 0.3) is 5.65 Å². The monoisotopic (exact) mass is 296 g/mol. The number of hydrogen-bond donors (Lipinski definition) is 1. The highest BCUT2D eigenvalue weighted by atomic mass is 79.9. The van der Waals surface area contributed by atoms with Gasteiger partial charge in [0.2, 0.25) is 0 Å². The maximum absolute atomic E-state index is 10.9. The zero-order chi connectivity index (χ0) is 12.6. The van der Waals surface area contributed by atoms with Crippen molar-refractivity contribution in [2.75, 3.05) is 0 Å². The lowest BCUT2D eigenvalue weighted by molar-refractivity contribution is -0.136. The molecule has 0 unspecified atom stereocenters. The molecular weight excluding hydrogens is 284 g/mol. The summed E-state index contributed by atoms with van der Waals surface area (Å²) in [4.78, 5) is 15.4. The average Bonchev–Trinajstić information content (AvgIpc) is 2.58. The zero-order valence-electron chi connectivity index (χ0n) is 9.64. The molecule has 0 radical (unpaired) electrons. The van der Waals surface area contributed by atoms with Gasteiger partial charge < -0.3 is 9.51 Å². The van der Waals surface area contributed by atoms with Crippen molar-refractivity contribution in [2.45, 2.75) is 26.2 Å². The third-order valence-corrected chi connectivity index (χ3v) is 3.22. The molecule has 0 fully saturated rings. The van der Waals surface area contributed by atoms with Crippen molar-refractivity contribution in [3.05, 3.63) is 34.2 Å². The van der Waals surface area contributed by atoms with Crippen LogP contribution < -0.4 is 0 Å². The minimum Gasteiger partial charge on any atom is -0.481 e. The van der Waals surface area contributed by atoms with E-state index >= 15 is 0 Å². The summed E-state index contributed by atoms with van der Waals surface area (Å²) in [6, 6.07) is 3.77. The number of fused-ring (bicyclic) bond motifs is 1. The molecule has 0 saturated heterocycles. The van der Waals surface area contributed by atoms with Gasteiger partial charge in [-0.2, -0.15) is 0 Å². The summed E-state index contributed by atoms with van der Waals surface area (Å²) in [6.07, 6.45) is 1.84. The maximum Gasteiger partial charge on any atom is 0.309 e. The minimum atomic E-state index is -0.839. The number of aromatic nitrogens is 2. The molecule has 0 atom stereocenters. The Labute approximate surface area is 107 Å². The van der Waals surface area contributed by atoms with E-state index in [1.54, 1.807) is 0 Å². The van der Waals surface area contributed by atoms with Gasteiger partial charge in [0.1, 0.15) is 0 Å². The molecule has 0 saturated carbocycles. The number of pyridine rings is 1. The first kappa shape index (κ1) is 12.1. The van der Waals surface area contributed by atoms with Crippen molar-refractivity contribution < 1.29 is 9.90 Å². The summed E-state index contributed by atoms with van der Waals surface area (Å²) in [5, 5.41) is 8.97. The van der Waals surface area contributed by atoms with Crippen LogP contribution >= 0.6 is 15.9 Å². The molecule has 17 heavy (non-hydrogen) atoms. The molecule has 5 heteroatoms. The Balaban J connectivity index is 2.71. The van der Waals surface area contributed by atoms with Crippen LogP contribution in [-0.4, -0.2) is 20.5 Å². The van der Waals surface area contributed by atoms with Crippen LogP contribution in [0.15, 0.2) is 22.8 Å². The number of carboxylic acids is 1. The van der Waals surface area contributed by atoms with Crippen LogP contribution in [0.2, 0.25) is 0 Å². The first-order valence-electron chi connectivity index (χ1n) is 5.38. The number of carboxylic acid groups (broad SMARTS) is 1. The third kappa shape index (κ3) is 2.20. The molecule has 0 aliphatic heterocycles. The summed E-state index contributed by atoms with van der Waals surface area (Å²) in [5.41, 5.74) is 2.37. The quantitative estimate of drug-likeness (QED) is 0.947. The number of rotatable bonds is 3. The number of imidazole rings is 1. The van der Waals surface area contributed by atoms with E-state index in [1.807, 2.05) is 36.6 Å². The first-order valence-corrected chi connectivity index (χ1v) is 6.17. The third-order valence-electron chi connectivity index (χ3n) is 2.60. The highest BCUT2D eigenvalue weighted by molar-refractivity contribution is 9.10. The van der Waals surface area contributed by atoms with E-state index in [9.17, 15) is 4.79 Å². The smallest absolute Gasteiger partial charge is 0.309 e. The fraction of sp³-hybridized carbons (Fsp3) is 0.333. The van der Waals surface area contributed by atoms with E-state index in [1.165, 1.54) is 0 Å². The summed E-state index contributed by atoms with van der Waals surface area (Å²) >= 11 is 3.43. The Morgan fingerprint density at radius 1 is 1.59 bits per heavy atom. The highest BCUT2D eigenvalue weighted by Crippen LogP contribution is 2.25. The number of nitrogens with zero attached hydrogens (tertiary/aromatic N) is 2. The van der Waals surface area contributed by atoms with Crippen LogP contribution in [0.1, 0.15) is 31.2 Å². The van der Waals surface area contributed by atoms with Gasteiger partial charge in [-0.25, -0.2) is 4.98 Å².